The summed E-state index contributed by atoms with van der Waals surface area (Å²) >= 11 is 0. The molecule has 0 amide bonds. The van der Waals surface area contributed by atoms with Crippen LogP contribution in [-0.2, 0) is 6.42 Å². The fourth-order valence-corrected chi connectivity index (χ4v) is 2.12. The summed E-state index contributed by atoms with van der Waals surface area (Å²) in [5.74, 6) is 0.583. The van der Waals surface area contributed by atoms with Crippen molar-refractivity contribution >= 4 is 0 Å². The van der Waals surface area contributed by atoms with Crippen molar-refractivity contribution in [2.75, 3.05) is 6.54 Å². The van der Waals surface area contributed by atoms with E-state index >= 15 is 0 Å². The number of hydrogen-bond donors (Lipinski definition) is 1. The summed E-state index contributed by atoms with van der Waals surface area (Å²) in [4.78, 5) is 0. The van der Waals surface area contributed by atoms with Gasteiger partial charge in [0.2, 0.25) is 0 Å². The molecule has 0 fully saturated rings. The number of ether oxygens (including phenoxy) is 1. The fourth-order valence-electron chi connectivity index (χ4n) is 2.12. The van der Waals surface area contributed by atoms with Crippen LogP contribution < -0.4 is 10.5 Å². The van der Waals surface area contributed by atoms with Crippen LogP contribution in [0.25, 0.3) is 0 Å². The molecule has 0 heterocycles. The van der Waals surface area contributed by atoms with Crippen LogP contribution in [-0.4, -0.2) is 6.54 Å². The molecule has 2 nitrogen and oxygen atoms in total. The molecule has 0 aliphatic heterocycles. The Morgan fingerprint density at radius 1 is 1.20 bits per heavy atom. The second kappa shape index (κ2) is 6.53. The van der Waals surface area contributed by atoms with E-state index in [0.717, 1.165) is 17.7 Å². The zero-order valence-corrected chi connectivity index (χ0v) is 11.9. The van der Waals surface area contributed by atoms with Gasteiger partial charge in [0.05, 0.1) is 0 Å². The summed E-state index contributed by atoms with van der Waals surface area (Å²) < 4.78 is 19.3. The summed E-state index contributed by atoms with van der Waals surface area (Å²) in [6, 6.07) is 12.9. The SMILES string of the molecule is CCc1cccc(OC(CN)c2ccc(F)c(C)c2)c1. The van der Waals surface area contributed by atoms with Gasteiger partial charge in [-0.3, -0.25) is 0 Å². The molecule has 0 radical (unpaired) electrons. The third kappa shape index (κ3) is 3.36. The normalized spacial score (nSPS) is 12.2. The number of hydrogen-bond acceptors (Lipinski definition) is 2. The molecule has 0 spiro atoms. The fraction of sp³-hybridized carbons (Fsp3) is 0.294. The van der Waals surface area contributed by atoms with Gasteiger partial charge in [0, 0.05) is 6.54 Å². The number of benzene rings is 2. The minimum absolute atomic E-state index is 0.211. The van der Waals surface area contributed by atoms with Crippen LogP contribution in [0.1, 0.15) is 29.7 Å². The molecule has 0 saturated carbocycles. The van der Waals surface area contributed by atoms with Crippen molar-refractivity contribution < 1.29 is 9.13 Å². The summed E-state index contributed by atoms with van der Waals surface area (Å²) in [5, 5.41) is 0. The van der Waals surface area contributed by atoms with Crippen LogP contribution in [0.2, 0.25) is 0 Å². The first-order valence-electron chi connectivity index (χ1n) is 6.85. The van der Waals surface area contributed by atoms with Crippen molar-refractivity contribution in [2.45, 2.75) is 26.4 Å². The molecule has 0 aromatic heterocycles. The first-order chi connectivity index (χ1) is 9.63. The van der Waals surface area contributed by atoms with Gasteiger partial charge in [-0.25, -0.2) is 4.39 Å². The molecule has 106 valence electrons. The molecule has 1 atom stereocenters. The van der Waals surface area contributed by atoms with Gasteiger partial charge in [-0.2, -0.15) is 0 Å². The van der Waals surface area contributed by atoms with Crippen LogP contribution >= 0.6 is 0 Å². The molecule has 3 heteroatoms. The lowest BCUT2D eigenvalue weighted by Crippen LogP contribution is -2.18. The van der Waals surface area contributed by atoms with Gasteiger partial charge in [0.1, 0.15) is 17.7 Å². The van der Waals surface area contributed by atoms with Gasteiger partial charge in [-0.15, -0.1) is 0 Å². The summed E-state index contributed by atoms with van der Waals surface area (Å²) in [7, 11) is 0. The smallest absolute Gasteiger partial charge is 0.136 e. The van der Waals surface area contributed by atoms with Gasteiger partial charge < -0.3 is 10.5 Å². The number of halogens is 1. The van der Waals surface area contributed by atoms with Crippen LogP contribution in [0.4, 0.5) is 4.39 Å². The van der Waals surface area contributed by atoms with Crippen LogP contribution in [0.5, 0.6) is 5.75 Å². The van der Waals surface area contributed by atoms with Crippen molar-refractivity contribution in [3.05, 3.63) is 65.0 Å². The second-order valence-corrected chi connectivity index (χ2v) is 4.85. The van der Waals surface area contributed by atoms with E-state index in [1.54, 1.807) is 19.1 Å². The van der Waals surface area contributed by atoms with E-state index in [-0.39, 0.29) is 11.9 Å². The van der Waals surface area contributed by atoms with Crippen molar-refractivity contribution in [1.29, 1.82) is 0 Å². The van der Waals surface area contributed by atoms with Crippen molar-refractivity contribution in [2.24, 2.45) is 5.73 Å². The maximum absolute atomic E-state index is 13.3. The van der Waals surface area contributed by atoms with E-state index < -0.39 is 0 Å². The van der Waals surface area contributed by atoms with E-state index in [9.17, 15) is 4.39 Å². The third-order valence-electron chi connectivity index (χ3n) is 3.35. The Morgan fingerprint density at radius 3 is 2.65 bits per heavy atom. The van der Waals surface area contributed by atoms with Crippen molar-refractivity contribution in [1.82, 2.24) is 0 Å². The summed E-state index contributed by atoms with van der Waals surface area (Å²) in [5.41, 5.74) is 8.51. The third-order valence-corrected chi connectivity index (χ3v) is 3.35. The zero-order valence-electron chi connectivity index (χ0n) is 11.9. The summed E-state index contributed by atoms with van der Waals surface area (Å²) in [6.07, 6.45) is 0.696. The van der Waals surface area contributed by atoms with Crippen LogP contribution in [0, 0.1) is 12.7 Å². The number of aryl methyl sites for hydroxylation is 2. The Bertz CT molecular complexity index is 583. The molecule has 20 heavy (non-hydrogen) atoms. The van der Waals surface area contributed by atoms with Crippen LogP contribution in [0.15, 0.2) is 42.5 Å². The predicted molar refractivity (Wildman–Crippen MR) is 79.4 cm³/mol. The molecule has 0 bridgehead atoms. The highest BCUT2D eigenvalue weighted by atomic mass is 19.1. The van der Waals surface area contributed by atoms with E-state index in [1.165, 1.54) is 11.6 Å². The molecular formula is C17H20FNO. The second-order valence-electron chi connectivity index (χ2n) is 4.85. The monoisotopic (exact) mass is 273 g/mol. The van der Waals surface area contributed by atoms with Gasteiger partial charge in [0.25, 0.3) is 0 Å². The number of rotatable bonds is 5. The quantitative estimate of drug-likeness (QED) is 0.900. The Balaban J connectivity index is 2.21. The standard InChI is InChI=1S/C17H20FNO/c1-3-13-5-4-6-15(10-13)20-17(11-19)14-7-8-16(18)12(2)9-14/h4-10,17H,3,11,19H2,1-2H3. The molecule has 0 aliphatic rings. The van der Waals surface area contributed by atoms with E-state index in [1.807, 2.05) is 18.2 Å². The highest BCUT2D eigenvalue weighted by molar-refractivity contribution is 5.31. The molecule has 2 N–H and O–H groups in total. The van der Waals surface area contributed by atoms with Crippen molar-refractivity contribution in [3.63, 3.8) is 0 Å². The lowest BCUT2D eigenvalue weighted by molar-refractivity contribution is 0.214. The van der Waals surface area contributed by atoms with Crippen LogP contribution in [0.3, 0.4) is 0 Å². The molecule has 2 aromatic carbocycles. The maximum atomic E-state index is 13.3. The van der Waals surface area contributed by atoms with E-state index in [2.05, 4.69) is 13.0 Å². The molecule has 1 unspecified atom stereocenters. The van der Waals surface area contributed by atoms with Gasteiger partial charge in [-0.05, 0) is 54.3 Å². The first kappa shape index (κ1) is 14.5. The highest BCUT2D eigenvalue weighted by Crippen LogP contribution is 2.23. The number of nitrogens with two attached hydrogens (primary N) is 1. The van der Waals surface area contributed by atoms with E-state index in [0.29, 0.717) is 12.1 Å². The minimum Gasteiger partial charge on any atom is -0.484 e. The molecule has 2 aromatic rings. The zero-order chi connectivity index (χ0) is 14.5. The predicted octanol–water partition coefficient (Wildman–Crippen LogP) is 3.78. The molecule has 2 rings (SSSR count). The van der Waals surface area contributed by atoms with Crippen molar-refractivity contribution in [3.8, 4) is 5.75 Å². The Kier molecular flexibility index (Phi) is 4.74. The Labute approximate surface area is 119 Å². The lowest BCUT2D eigenvalue weighted by Gasteiger charge is -2.19. The highest BCUT2D eigenvalue weighted by Gasteiger charge is 2.13. The minimum atomic E-state index is -0.263. The summed E-state index contributed by atoms with van der Waals surface area (Å²) in [6.45, 7) is 4.19. The molecular weight excluding hydrogens is 253 g/mol. The average Bonchev–Trinajstić information content (AvgIpc) is 2.48. The van der Waals surface area contributed by atoms with Gasteiger partial charge >= 0.3 is 0 Å². The molecule has 0 aliphatic carbocycles. The lowest BCUT2D eigenvalue weighted by atomic mass is 10.1. The topological polar surface area (TPSA) is 35.2 Å². The van der Waals surface area contributed by atoms with Gasteiger partial charge in [0.15, 0.2) is 0 Å². The molecule has 0 saturated heterocycles. The largest absolute Gasteiger partial charge is 0.484 e. The average molecular weight is 273 g/mol. The first-order valence-corrected chi connectivity index (χ1v) is 6.85. The Morgan fingerprint density at radius 2 is 2.00 bits per heavy atom. The maximum Gasteiger partial charge on any atom is 0.136 e. The van der Waals surface area contributed by atoms with Gasteiger partial charge in [-0.1, -0.05) is 25.1 Å². The Hall–Kier alpha value is -1.87. The van der Waals surface area contributed by atoms with E-state index in [4.69, 9.17) is 10.5 Å².